The summed E-state index contributed by atoms with van der Waals surface area (Å²) in [5.74, 6) is -0.871. The van der Waals surface area contributed by atoms with Gasteiger partial charge in [-0.2, -0.15) is 0 Å². The predicted molar refractivity (Wildman–Crippen MR) is 41.9 cm³/mol. The van der Waals surface area contributed by atoms with Crippen LogP contribution in [0, 0.1) is 0 Å². The summed E-state index contributed by atoms with van der Waals surface area (Å²) in [6.07, 6.45) is 0. The first-order chi connectivity index (χ1) is 5.70. The maximum Gasteiger partial charge on any atom is 1.00 e. The average molecular weight is 209 g/mol. The van der Waals surface area contributed by atoms with Crippen molar-refractivity contribution >= 4 is 17.3 Å². The monoisotopic (exact) mass is 209 g/mol. The van der Waals surface area contributed by atoms with Gasteiger partial charge in [-0.05, 0) is 12.1 Å². The Morgan fingerprint density at radius 2 is 1.92 bits per heavy atom. The summed E-state index contributed by atoms with van der Waals surface area (Å²) in [4.78, 5) is 10.8. The fourth-order valence-electron chi connectivity index (χ4n) is 0.684. The van der Waals surface area contributed by atoms with Crippen LogP contribution in [0.25, 0.3) is 0 Å². The van der Waals surface area contributed by atoms with Crippen LogP contribution in [0.1, 0.15) is 11.8 Å². The Bertz CT molecular complexity index is 306. The van der Waals surface area contributed by atoms with Gasteiger partial charge >= 0.3 is 35.5 Å². The molecular formula is C7H6NaO4S-. The largest absolute Gasteiger partial charge is 1.00 e. The summed E-state index contributed by atoms with van der Waals surface area (Å²) >= 11 is -2.80. The van der Waals surface area contributed by atoms with Crippen molar-refractivity contribution in [3.8, 4) is 0 Å². The minimum atomic E-state index is -2.80. The van der Waals surface area contributed by atoms with Gasteiger partial charge in [0.25, 0.3) is 0 Å². The Kier molecular flexibility index (Phi) is 6.19. The van der Waals surface area contributed by atoms with Gasteiger partial charge in [0.2, 0.25) is 0 Å². The third kappa shape index (κ3) is 4.54. The molecule has 1 aromatic carbocycles. The first-order valence-electron chi connectivity index (χ1n) is 3.07. The first kappa shape index (κ1) is 12.8. The number of rotatable bonds is 2. The second-order valence-electron chi connectivity index (χ2n) is 1.94. The van der Waals surface area contributed by atoms with Gasteiger partial charge in [-0.25, -0.2) is 9.00 Å². The summed E-state index contributed by atoms with van der Waals surface area (Å²) in [6, 6.07) is 7.88. The van der Waals surface area contributed by atoms with Crippen LogP contribution in [0.4, 0.5) is 0 Å². The van der Waals surface area contributed by atoms with E-state index in [0.717, 1.165) is 0 Å². The van der Waals surface area contributed by atoms with Crippen LogP contribution in [0.3, 0.4) is 0 Å². The zero-order valence-electron chi connectivity index (χ0n) is 7.93. The summed E-state index contributed by atoms with van der Waals surface area (Å²) in [5.41, 5.74) is 0.210. The first-order valence-corrected chi connectivity index (χ1v) is 4.07. The Labute approximate surface area is 102 Å². The smallest absolute Gasteiger partial charge is 1.00 e. The molecule has 13 heavy (non-hydrogen) atoms. The van der Waals surface area contributed by atoms with Crippen molar-refractivity contribution in [1.82, 2.24) is 0 Å². The number of hydrogen-bond donors (Lipinski definition) is 0. The molecule has 0 heterocycles. The molecular weight excluding hydrogens is 203 g/mol. The molecule has 0 aliphatic carbocycles. The van der Waals surface area contributed by atoms with Crippen LogP contribution in [0.15, 0.2) is 30.3 Å². The van der Waals surface area contributed by atoms with E-state index in [9.17, 15) is 13.6 Å². The van der Waals surface area contributed by atoms with Gasteiger partial charge in [-0.1, -0.05) is 18.2 Å². The van der Waals surface area contributed by atoms with E-state index in [1.807, 2.05) is 0 Å². The van der Waals surface area contributed by atoms with E-state index in [0.29, 0.717) is 0 Å². The molecule has 0 bridgehead atoms. The van der Waals surface area contributed by atoms with Crippen LogP contribution in [0.5, 0.6) is 0 Å². The summed E-state index contributed by atoms with van der Waals surface area (Å²) in [7, 11) is 0. The normalized spacial score (nSPS) is 11.2. The van der Waals surface area contributed by atoms with Gasteiger partial charge in [-0.15, -0.1) is 0 Å². The molecule has 0 spiro atoms. The van der Waals surface area contributed by atoms with Gasteiger partial charge in [0.15, 0.2) is 0 Å². The van der Waals surface area contributed by atoms with E-state index in [1.165, 1.54) is 12.1 Å². The number of hydrogen-bond acceptors (Lipinski definition) is 4. The number of carbonyl (C=O) groups excluding carboxylic acids is 1. The molecule has 1 rings (SSSR count). The molecule has 0 aliphatic heterocycles. The van der Waals surface area contributed by atoms with Crippen LogP contribution in [-0.2, 0) is 15.5 Å². The van der Waals surface area contributed by atoms with Crippen molar-refractivity contribution in [2.45, 2.75) is 0 Å². The van der Waals surface area contributed by atoms with E-state index in [1.54, 1.807) is 18.2 Å². The third-order valence-corrected chi connectivity index (χ3v) is 1.44. The number of benzene rings is 1. The van der Waals surface area contributed by atoms with Crippen LogP contribution < -0.4 is 29.6 Å². The van der Waals surface area contributed by atoms with Crippen LogP contribution in [0.2, 0.25) is 0 Å². The Balaban J connectivity index is 0. The van der Waals surface area contributed by atoms with E-state index in [2.05, 4.69) is 4.18 Å². The fourth-order valence-corrected chi connectivity index (χ4v) is 0.904. The second-order valence-corrected chi connectivity index (χ2v) is 2.52. The fraction of sp³-hybridized carbons (Fsp3) is 0. The second kappa shape index (κ2) is 6.28. The molecule has 4 nitrogen and oxygen atoms in total. The van der Waals surface area contributed by atoms with E-state index < -0.39 is 17.3 Å². The van der Waals surface area contributed by atoms with E-state index in [4.69, 9.17) is 0 Å². The molecule has 1 unspecified atom stereocenters. The number of carbonyl (C=O) groups is 1. The zero-order chi connectivity index (χ0) is 8.97. The van der Waals surface area contributed by atoms with Crippen molar-refractivity contribution in [3.63, 3.8) is 0 Å². The maximum absolute atomic E-state index is 10.8. The summed E-state index contributed by atoms with van der Waals surface area (Å²) in [6.45, 7) is 0. The van der Waals surface area contributed by atoms with Gasteiger partial charge in [0.05, 0.1) is 5.56 Å². The van der Waals surface area contributed by atoms with Crippen molar-refractivity contribution in [2.75, 3.05) is 0 Å². The molecule has 0 fully saturated rings. The molecule has 1 aromatic rings. The molecule has 0 aliphatic rings. The molecule has 1 atom stereocenters. The molecule has 0 saturated heterocycles. The van der Waals surface area contributed by atoms with Gasteiger partial charge in [-0.3, -0.25) is 0 Å². The van der Waals surface area contributed by atoms with Crippen LogP contribution in [-0.4, -0.2) is 14.7 Å². The Morgan fingerprint density at radius 1 is 1.38 bits per heavy atom. The van der Waals surface area contributed by atoms with E-state index in [-0.39, 0.29) is 36.5 Å². The van der Waals surface area contributed by atoms with Crippen molar-refractivity contribution in [2.24, 2.45) is 0 Å². The topological polar surface area (TPSA) is 66.4 Å². The van der Waals surface area contributed by atoms with Gasteiger partial charge < -0.3 is 10.2 Å². The molecule has 0 saturated carbocycles. The zero-order valence-corrected chi connectivity index (χ0v) is 9.74. The molecule has 0 N–H and O–H groups in total. The van der Waals surface area contributed by atoms with E-state index >= 15 is 0 Å². The standard InChI is InChI=1S/C7H6O4S.Na.H/c8-7(11-12(9)10)6-4-2-1-3-5-6;;/h1-5H,(H,9,10);;/q;+1;-1/p-1. The van der Waals surface area contributed by atoms with Crippen molar-refractivity contribution in [1.29, 1.82) is 0 Å². The quantitative estimate of drug-likeness (QED) is 0.408. The van der Waals surface area contributed by atoms with Crippen LogP contribution >= 0.6 is 0 Å². The Morgan fingerprint density at radius 3 is 2.38 bits per heavy atom. The minimum absolute atomic E-state index is 0. The average Bonchev–Trinajstić information content (AvgIpc) is 2.05. The predicted octanol–water partition coefficient (Wildman–Crippen LogP) is -2.25. The summed E-state index contributed by atoms with van der Waals surface area (Å²) < 4.78 is 23.8. The van der Waals surface area contributed by atoms with Gasteiger partial charge in [0.1, 0.15) is 11.4 Å². The molecule has 0 radical (unpaired) electrons. The van der Waals surface area contributed by atoms with Gasteiger partial charge in [0, 0.05) is 0 Å². The minimum Gasteiger partial charge on any atom is -1.00 e. The Hall–Kier alpha value is -0.200. The maximum atomic E-state index is 10.8. The summed E-state index contributed by atoms with van der Waals surface area (Å²) in [5, 5.41) is 0. The molecule has 6 heteroatoms. The molecule has 0 amide bonds. The van der Waals surface area contributed by atoms with Crippen molar-refractivity contribution in [3.05, 3.63) is 35.9 Å². The SMILES string of the molecule is O=C(OS(=O)[O-])c1ccccc1.[H-].[Na+]. The van der Waals surface area contributed by atoms with Crippen molar-refractivity contribution < 1.29 is 48.7 Å². The third-order valence-electron chi connectivity index (χ3n) is 1.15. The molecule has 66 valence electrons. The molecule has 0 aromatic heterocycles.